The van der Waals surface area contributed by atoms with Crippen molar-refractivity contribution in [2.75, 3.05) is 11.1 Å². The molecule has 1 aromatic heterocycles. The molecule has 0 saturated carbocycles. The van der Waals surface area contributed by atoms with E-state index in [1.54, 1.807) is 6.92 Å². The van der Waals surface area contributed by atoms with Crippen molar-refractivity contribution in [3.63, 3.8) is 0 Å². The van der Waals surface area contributed by atoms with Crippen LogP contribution in [-0.4, -0.2) is 9.97 Å². The Labute approximate surface area is 116 Å². The topological polar surface area (TPSA) is 63.8 Å². The maximum absolute atomic E-state index is 13.5. The number of aryl methyl sites for hydroxylation is 1. The van der Waals surface area contributed by atoms with Crippen molar-refractivity contribution in [2.24, 2.45) is 0 Å². The van der Waals surface area contributed by atoms with Crippen LogP contribution in [-0.2, 0) is 13.0 Å². The van der Waals surface area contributed by atoms with Crippen LogP contribution in [0, 0.1) is 18.6 Å². The minimum atomic E-state index is -0.476. The largest absolute Gasteiger partial charge is 0.383 e. The number of rotatable bonds is 4. The van der Waals surface area contributed by atoms with Gasteiger partial charge in [-0.15, -0.1) is 0 Å². The van der Waals surface area contributed by atoms with E-state index in [0.717, 1.165) is 18.2 Å². The molecule has 0 atom stereocenters. The number of halogens is 2. The van der Waals surface area contributed by atoms with Crippen LogP contribution >= 0.6 is 0 Å². The van der Waals surface area contributed by atoms with Gasteiger partial charge in [0.05, 0.1) is 0 Å². The Kier molecular flexibility index (Phi) is 4.12. The van der Waals surface area contributed by atoms with Gasteiger partial charge in [-0.2, -0.15) is 0 Å². The fraction of sp³-hybridized carbons (Fsp3) is 0.286. The molecule has 4 nitrogen and oxygen atoms in total. The second-order valence-electron chi connectivity index (χ2n) is 4.44. The zero-order valence-electron chi connectivity index (χ0n) is 11.4. The lowest BCUT2D eigenvalue weighted by Gasteiger charge is -2.12. The molecule has 0 radical (unpaired) electrons. The molecule has 0 aliphatic rings. The SMILES string of the molecule is CCc1nc(N)c(C)c(NCc2cc(F)ccc2F)n1. The molecule has 20 heavy (non-hydrogen) atoms. The zero-order chi connectivity index (χ0) is 14.7. The first-order valence-corrected chi connectivity index (χ1v) is 6.32. The first-order valence-electron chi connectivity index (χ1n) is 6.32. The van der Waals surface area contributed by atoms with Gasteiger partial charge in [0.1, 0.15) is 29.1 Å². The molecule has 0 aliphatic carbocycles. The van der Waals surface area contributed by atoms with E-state index >= 15 is 0 Å². The molecule has 0 saturated heterocycles. The van der Waals surface area contributed by atoms with Crippen molar-refractivity contribution < 1.29 is 8.78 Å². The van der Waals surface area contributed by atoms with E-state index in [4.69, 9.17) is 5.73 Å². The number of nitrogen functional groups attached to an aromatic ring is 1. The Balaban J connectivity index is 2.22. The van der Waals surface area contributed by atoms with Gasteiger partial charge in [-0.1, -0.05) is 6.92 Å². The van der Waals surface area contributed by atoms with Crippen molar-refractivity contribution >= 4 is 11.6 Å². The Morgan fingerprint density at radius 2 is 2.00 bits per heavy atom. The van der Waals surface area contributed by atoms with Crippen LogP contribution in [0.1, 0.15) is 23.9 Å². The molecule has 2 rings (SSSR count). The van der Waals surface area contributed by atoms with E-state index < -0.39 is 11.6 Å². The van der Waals surface area contributed by atoms with Crippen molar-refractivity contribution in [1.82, 2.24) is 9.97 Å². The molecule has 0 spiro atoms. The summed E-state index contributed by atoms with van der Waals surface area (Å²) in [4.78, 5) is 8.43. The summed E-state index contributed by atoms with van der Waals surface area (Å²) >= 11 is 0. The number of benzene rings is 1. The van der Waals surface area contributed by atoms with Crippen molar-refractivity contribution in [3.05, 3.63) is 46.8 Å². The molecule has 106 valence electrons. The second-order valence-corrected chi connectivity index (χ2v) is 4.44. The van der Waals surface area contributed by atoms with Gasteiger partial charge in [-0.05, 0) is 25.1 Å². The number of hydrogen-bond donors (Lipinski definition) is 2. The minimum absolute atomic E-state index is 0.129. The van der Waals surface area contributed by atoms with Crippen LogP contribution in [0.3, 0.4) is 0 Å². The highest BCUT2D eigenvalue weighted by Gasteiger charge is 2.09. The third kappa shape index (κ3) is 3.01. The Hall–Kier alpha value is -2.24. The zero-order valence-corrected chi connectivity index (χ0v) is 11.4. The Morgan fingerprint density at radius 1 is 1.25 bits per heavy atom. The molecule has 0 amide bonds. The number of nitrogens with one attached hydrogen (secondary N) is 1. The first kappa shape index (κ1) is 14.2. The summed E-state index contributed by atoms with van der Waals surface area (Å²) in [6.07, 6.45) is 0.646. The highest BCUT2D eigenvalue weighted by Crippen LogP contribution is 2.19. The fourth-order valence-corrected chi connectivity index (χ4v) is 1.77. The number of aromatic nitrogens is 2. The smallest absolute Gasteiger partial charge is 0.135 e. The Morgan fingerprint density at radius 3 is 2.70 bits per heavy atom. The van der Waals surface area contributed by atoms with Gasteiger partial charge in [0.25, 0.3) is 0 Å². The van der Waals surface area contributed by atoms with Gasteiger partial charge in [0, 0.05) is 24.1 Å². The number of nitrogens with two attached hydrogens (primary N) is 1. The summed E-state index contributed by atoms with van der Waals surface area (Å²) in [6, 6.07) is 3.34. The van der Waals surface area contributed by atoms with E-state index in [9.17, 15) is 8.78 Å². The fourth-order valence-electron chi connectivity index (χ4n) is 1.77. The molecule has 0 unspecified atom stereocenters. The van der Waals surface area contributed by atoms with Gasteiger partial charge in [0.2, 0.25) is 0 Å². The van der Waals surface area contributed by atoms with E-state index in [-0.39, 0.29) is 12.1 Å². The standard InChI is InChI=1S/C14H16F2N4/c1-3-12-19-13(17)8(2)14(20-12)18-7-9-6-10(15)4-5-11(9)16/h4-6H,3,7H2,1-2H3,(H3,17,18,19,20). The van der Waals surface area contributed by atoms with E-state index in [1.165, 1.54) is 0 Å². The average Bonchev–Trinajstić information content (AvgIpc) is 2.43. The highest BCUT2D eigenvalue weighted by atomic mass is 19.1. The van der Waals surface area contributed by atoms with Gasteiger partial charge in [-0.3, -0.25) is 0 Å². The molecule has 3 N–H and O–H groups in total. The lowest BCUT2D eigenvalue weighted by Crippen LogP contribution is -2.10. The lowest BCUT2D eigenvalue weighted by atomic mass is 10.2. The van der Waals surface area contributed by atoms with Crippen molar-refractivity contribution in [3.8, 4) is 0 Å². The number of nitrogens with zero attached hydrogens (tertiary/aromatic N) is 2. The summed E-state index contributed by atoms with van der Waals surface area (Å²) in [5.74, 6) is 0.595. The van der Waals surface area contributed by atoms with Gasteiger partial charge < -0.3 is 11.1 Å². The number of hydrogen-bond acceptors (Lipinski definition) is 4. The molecule has 0 bridgehead atoms. The normalized spacial score (nSPS) is 10.6. The molecule has 1 heterocycles. The minimum Gasteiger partial charge on any atom is -0.383 e. The van der Waals surface area contributed by atoms with Crippen LogP contribution < -0.4 is 11.1 Å². The van der Waals surface area contributed by atoms with E-state index in [1.807, 2.05) is 6.92 Å². The number of anilines is 2. The maximum Gasteiger partial charge on any atom is 0.135 e. The van der Waals surface area contributed by atoms with Crippen LogP contribution in [0.2, 0.25) is 0 Å². The van der Waals surface area contributed by atoms with Gasteiger partial charge in [0.15, 0.2) is 0 Å². The van der Waals surface area contributed by atoms with E-state index in [0.29, 0.717) is 29.4 Å². The van der Waals surface area contributed by atoms with Crippen molar-refractivity contribution in [1.29, 1.82) is 0 Å². The summed E-state index contributed by atoms with van der Waals surface area (Å²) in [7, 11) is 0. The molecule has 0 aliphatic heterocycles. The van der Waals surface area contributed by atoms with Crippen LogP contribution in [0.4, 0.5) is 20.4 Å². The quantitative estimate of drug-likeness (QED) is 0.902. The van der Waals surface area contributed by atoms with Crippen LogP contribution in [0.25, 0.3) is 0 Å². The van der Waals surface area contributed by atoms with Crippen molar-refractivity contribution in [2.45, 2.75) is 26.8 Å². The summed E-state index contributed by atoms with van der Waals surface area (Å²) in [5.41, 5.74) is 6.72. The second kappa shape index (κ2) is 5.81. The monoisotopic (exact) mass is 278 g/mol. The molecule has 6 heteroatoms. The summed E-state index contributed by atoms with van der Waals surface area (Å²) in [5, 5.41) is 2.98. The third-order valence-corrected chi connectivity index (χ3v) is 3.00. The average molecular weight is 278 g/mol. The molecular weight excluding hydrogens is 262 g/mol. The molecular formula is C14H16F2N4. The molecule has 1 aromatic carbocycles. The van der Waals surface area contributed by atoms with E-state index in [2.05, 4.69) is 15.3 Å². The maximum atomic E-state index is 13.5. The first-order chi connectivity index (χ1) is 9.51. The van der Waals surface area contributed by atoms with Gasteiger partial charge >= 0.3 is 0 Å². The third-order valence-electron chi connectivity index (χ3n) is 3.00. The Bertz CT molecular complexity index is 629. The predicted octanol–water partition coefficient (Wildman–Crippen LogP) is 2.82. The molecule has 2 aromatic rings. The van der Waals surface area contributed by atoms with Crippen LogP contribution in [0.5, 0.6) is 0 Å². The lowest BCUT2D eigenvalue weighted by molar-refractivity contribution is 0.587. The highest BCUT2D eigenvalue weighted by molar-refractivity contribution is 5.55. The van der Waals surface area contributed by atoms with Gasteiger partial charge in [-0.25, -0.2) is 18.7 Å². The molecule has 0 fully saturated rings. The van der Waals surface area contributed by atoms with Crippen LogP contribution in [0.15, 0.2) is 18.2 Å². The predicted molar refractivity (Wildman–Crippen MR) is 74.2 cm³/mol. The summed E-state index contributed by atoms with van der Waals surface area (Å²) < 4.78 is 26.6. The summed E-state index contributed by atoms with van der Waals surface area (Å²) in [6.45, 7) is 3.82.